The lowest BCUT2D eigenvalue weighted by Crippen LogP contribution is -2.18. The highest BCUT2D eigenvalue weighted by Crippen LogP contribution is 2.35. The van der Waals surface area contributed by atoms with Crippen molar-refractivity contribution in [3.8, 4) is 17.2 Å². The molecule has 0 unspecified atom stereocenters. The van der Waals surface area contributed by atoms with E-state index in [0.29, 0.717) is 33.4 Å². The number of amides is 2. The third-order valence-electron chi connectivity index (χ3n) is 3.40. The summed E-state index contributed by atoms with van der Waals surface area (Å²) >= 11 is 1.23. The summed E-state index contributed by atoms with van der Waals surface area (Å²) in [5.41, 5.74) is 6.63. The molecule has 8 heteroatoms. The third-order valence-corrected chi connectivity index (χ3v) is 4.41. The molecule has 2 rings (SSSR count). The van der Waals surface area contributed by atoms with E-state index in [1.165, 1.54) is 38.7 Å². The van der Waals surface area contributed by atoms with Gasteiger partial charge in [0.25, 0.3) is 11.8 Å². The summed E-state index contributed by atoms with van der Waals surface area (Å²) in [4.78, 5) is 24.2. The average Bonchev–Trinajstić information content (AvgIpc) is 2.93. The van der Waals surface area contributed by atoms with Crippen molar-refractivity contribution in [2.24, 2.45) is 5.73 Å². The van der Waals surface area contributed by atoms with Gasteiger partial charge in [0.15, 0.2) is 11.5 Å². The Morgan fingerprint density at radius 3 is 2.17 bits per heavy atom. The number of rotatable bonds is 6. The van der Waals surface area contributed by atoms with Crippen LogP contribution >= 0.6 is 11.3 Å². The lowest BCUT2D eigenvalue weighted by molar-refractivity contribution is 0.100. The Morgan fingerprint density at radius 1 is 1.04 bits per heavy atom. The molecule has 0 aliphatic heterocycles. The summed E-state index contributed by atoms with van der Waals surface area (Å²) in [5.74, 6) is 0.108. The van der Waals surface area contributed by atoms with E-state index in [0.717, 1.165) is 0 Å². The summed E-state index contributed by atoms with van der Waals surface area (Å²) in [6.45, 7) is 1.75. The van der Waals surface area contributed by atoms with E-state index in [4.69, 9.17) is 19.9 Å². The first-order chi connectivity index (χ1) is 11.4. The fourth-order valence-electron chi connectivity index (χ4n) is 2.22. The highest BCUT2D eigenvalue weighted by molar-refractivity contribution is 7.15. The van der Waals surface area contributed by atoms with E-state index in [9.17, 15) is 9.59 Å². The van der Waals surface area contributed by atoms with Crippen molar-refractivity contribution in [1.29, 1.82) is 0 Å². The summed E-state index contributed by atoms with van der Waals surface area (Å²) in [6, 6.07) is 3.07. The van der Waals surface area contributed by atoms with Crippen LogP contribution in [0.5, 0.6) is 17.2 Å². The minimum Gasteiger partial charge on any atom is -0.496 e. The molecule has 0 saturated heterocycles. The number of nitrogens with two attached hydrogens (primary N) is 1. The smallest absolute Gasteiger partial charge is 0.260 e. The maximum absolute atomic E-state index is 12.6. The molecule has 0 aliphatic rings. The summed E-state index contributed by atoms with van der Waals surface area (Å²) < 4.78 is 15.6. The van der Waals surface area contributed by atoms with Crippen LogP contribution in [0.3, 0.4) is 0 Å². The minimum atomic E-state index is -0.594. The number of thiophene rings is 1. The maximum atomic E-state index is 12.6. The maximum Gasteiger partial charge on any atom is 0.260 e. The van der Waals surface area contributed by atoms with Crippen LogP contribution in [-0.4, -0.2) is 33.1 Å². The van der Waals surface area contributed by atoms with Crippen LogP contribution in [0.25, 0.3) is 0 Å². The number of hydrogen-bond acceptors (Lipinski definition) is 6. The number of ether oxygens (including phenoxy) is 3. The number of benzene rings is 1. The van der Waals surface area contributed by atoms with Gasteiger partial charge in [-0.1, -0.05) is 0 Å². The van der Waals surface area contributed by atoms with E-state index in [-0.39, 0.29) is 5.56 Å². The van der Waals surface area contributed by atoms with Crippen LogP contribution in [0.2, 0.25) is 0 Å². The first-order valence-corrected chi connectivity index (χ1v) is 7.80. The highest BCUT2D eigenvalue weighted by atomic mass is 32.1. The van der Waals surface area contributed by atoms with Crippen molar-refractivity contribution in [2.45, 2.75) is 6.92 Å². The van der Waals surface area contributed by atoms with Gasteiger partial charge in [0.2, 0.25) is 0 Å². The van der Waals surface area contributed by atoms with Crippen molar-refractivity contribution in [1.82, 2.24) is 0 Å². The van der Waals surface area contributed by atoms with Crippen LogP contribution < -0.4 is 25.3 Å². The Hall–Kier alpha value is -2.74. The van der Waals surface area contributed by atoms with Gasteiger partial charge in [-0.25, -0.2) is 0 Å². The molecule has 1 heterocycles. The molecule has 7 nitrogen and oxygen atoms in total. The average molecular weight is 350 g/mol. The topological polar surface area (TPSA) is 99.9 Å². The molecule has 0 radical (unpaired) electrons. The predicted octanol–water partition coefficient (Wildman–Crippen LogP) is 2.43. The second-order valence-electron chi connectivity index (χ2n) is 4.85. The van der Waals surface area contributed by atoms with Crippen LogP contribution in [0.1, 0.15) is 26.3 Å². The van der Waals surface area contributed by atoms with Gasteiger partial charge in [-0.05, 0) is 17.9 Å². The summed E-state index contributed by atoms with van der Waals surface area (Å²) in [6.07, 6.45) is 0. The number of carbonyl (C=O) groups excluding carboxylic acids is 2. The minimum absolute atomic E-state index is 0.247. The second-order valence-corrected chi connectivity index (χ2v) is 5.73. The van der Waals surface area contributed by atoms with E-state index in [1.54, 1.807) is 18.4 Å². The van der Waals surface area contributed by atoms with Crippen molar-refractivity contribution in [3.63, 3.8) is 0 Å². The van der Waals surface area contributed by atoms with Crippen molar-refractivity contribution >= 4 is 28.2 Å². The quantitative estimate of drug-likeness (QED) is 0.833. The van der Waals surface area contributed by atoms with Crippen molar-refractivity contribution in [2.75, 3.05) is 26.6 Å². The molecule has 2 aromatic rings. The Labute approximate surface area is 143 Å². The Morgan fingerprint density at radius 2 is 1.62 bits per heavy atom. The van der Waals surface area contributed by atoms with Gasteiger partial charge in [0.1, 0.15) is 10.8 Å². The predicted molar refractivity (Wildman–Crippen MR) is 91.6 cm³/mol. The van der Waals surface area contributed by atoms with E-state index in [2.05, 4.69) is 5.32 Å². The zero-order valence-corrected chi connectivity index (χ0v) is 14.6. The van der Waals surface area contributed by atoms with Gasteiger partial charge >= 0.3 is 0 Å². The van der Waals surface area contributed by atoms with Gasteiger partial charge in [-0.3, -0.25) is 9.59 Å². The van der Waals surface area contributed by atoms with E-state index >= 15 is 0 Å². The first-order valence-electron chi connectivity index (χ1n) is 6.92. The molecule has 2 amide bonds. The molecular weight excluding hydrogens is 332 g/mol. The zero-order chi connectivity index (χ0) is 17.9. The lowest BCUT2D eigenvalue weighted by Gasteiger charge is -2.14. The number of primary amides is 1. The fraction of sp³-hybridized carbons (Fsp3) is 0.250. The van der Waals surface area contributed by atoms with Gasteiger partial charge in [-0.15, -0.1) is 11.3 Å². The van der Waals surface area contributed by atoms with E-state index in [1.807, 2.05) is 0 Å². The number of methoxy groups -OCH3 is 3. The Bertz CT molecular complexity index is 785. The number of carbonyl (C=O) groups is 2. The van der Waals surface area contributed by atoms with Gasteiger partial charge in [0.05, 0.1) is 32.5 Å². The number of nitrogens with one attached hydrogen (secondary N) is 1. The molecule has 0 aliphatic carbocycles. The zero-order valence-electron chi connectivity index (χ0n) is 13.8. The molecule has 128 valence electrons. The number of hydrogen-bond donors (Lipinski definition) is 2. The SMILES string of the molecule is COc1cc(OC)c(C(=O)Nc2scc(C)c2C(N)=O)cc1OC. The molecule has 0 fully saturated rings. The second kappa shape index (κ2) is 7.22. The largest absolute Gasteiger partial charge is 0.496 e. The fourth-order valence-corrected chi connectivity index (χ4v) is 3.16. The molecule has 0 saturated carbocycles. The van der Waals surface area contributed by atoms with Crippen molar-refractivity contribution < 1.29 is 23.8 Å². The molecular formula is C16H18N2O5S. The number of aryl methyl sites for hydroxylation is 1. The van der Waals surface area contributed by atoms with Crippen LogP contribution in [0.4, 0.5) is 5.00 Å². The third kappa shape index (κ3) is 3.28. The van der Waals surface area contributed by atoms with Crippen LogP contribution in [-0.2, 0) is 0 Å². The summed E-state index contributed by atoms with van der Waals surface area (Å²) in [5, 5.41) is 4.84. The molecule has 1 aromatic carbocycles. The first kappa shape index (κ1) is 17.6. The monoisotopic (exact) mass is 350 g/mol. The van der Waals surface area contributed by atoms with Gasteiger partial charge in [-0.2, -0.15) is 0 Å². The Kier molecular flexibility index (Phi) is 5.30. The van der Waals surface area contributed by atoms with E-state index < -0.39 is 11.8 Å². The lowest BCUT2D eigenvalue weighted by atomic mass is 10.1. The molecule has 0 bridgehead atoms. The summed E-state index contributed by atoms with van der Waals surface area (Å²) in [7, 11) is 4.41. The van der Waals surface area contributed by atoms with Gasteiger partial charge < -0.3 is 25.3 Å². The van der Waals surface area contributed by atoms with Crippen LogP contribution in [0.15, 0.2) is 17.5 Å². The molecule has 24 heavy (non-hydrogen) atoms. The number of anilines is 1. The Balaban J connectivity index is 2.41. The standard InChI is InChI=1S/C16H18N2O5S/c1-8-7-24-16(13(8)14(17)19)18-15(20)9-5-11(22-3)12(23-4)6-10(9)21-2/h5-7H,1-4H3,(H2,17,19)(H,18,20). The van der Waals surface area contributed by atoms with Crippen LogP contribution in [0, 0.1) is 6.92 Å². The van der Waals surface area contributed by atoms with Crippen molar-refractivity contribution in [3.05, 3.63) is 34.2 Å². The molecule has 0 atom stereocenters. The molecule has 0 spiro atoms. The normalized spacial score (nSPS) is 10.2. The highest BCUT2D eigenvalue weighted by Gasteiger charge is 2.21. The molecule has 3 N–H and O–H groups in total. The molecule has 1 aromatic heterocycles. The van der Waals surface area contributed by atoms with Gasteiger partial charge in [0, 0.05) is 12.1 Å².